The summed E-state index contributed by atoms with van der Waals surface area (Å²) < 4.78 is 11.8. The summed E-state index contributed by atoms with van der Waals surface area (Å²) in [4.78, 5) is 0. The molecule has 2 aromatic rings. The summed E-state index contributed by atoms with van der Waals surface area (Å²) in [7, 11) is 3.28. The van der Waals surface area contributed by atoms with Crippen LogP contribution in [0.25, 0.3) is 0 Å². The maximum Gasteiger partial charge on any atom is 0.160 e. The van der Waals surface area contributed by atoms with Crippen molar-refractivity contribution in [3.8, 4) is 11.5 Å². The molecule has 0 fully saturated rings. The summed E-state index contributed by atoms with van der Waals surface area (Å²) in [6.07, 6.45) is 0.764. The molecule has 4 heteroatoms. The topological polar surface area (TPSA) is 44.5 Å². The Balaban J connectivity index is 2.20. The van der Waals surface area contributed by atoms with Crippen molar-refractivity contribution in [1.29, 1.82) is 0 Å². The van der Waals surface area contributed by atoms with E-state index in [-0.39, 0.29) is 6.04 Å². The molecule has 0 saturated carbocycles. The third-order valence-electron chi connectivity index (χ3n) is 3.21. The average molecular weight is 383 g/mol. The minimum absolute atomic E-state index is 0.0267. The van der Waals surface area contributed by atoms with Gasteiger partial charge in [0, 0.05) is 9.61 Å². The van der Waals surface area contributed by atoms with Crippen LogP contribution in [-0.2, 0) is 6.42 Å². The second-order valence-corrected chi connectivity index (χ2v) is 5.68. The SMILES string of the molecule is COc1ccc(CC(N)c2ccccc2I)cc1OC. The lowest BCUT2D eigenvalue weighted by atomic mass is 9.99. The Labute approximate surface area is 133 Å². The van der Waals surface area contributed by atoms with E-state index < -0.39 is 0 Å². The van der Waals surface area contributed by atoms with E-state index in [0.717, 1.165) is 23.5 Å². The largest absolute Gasteiger partial charge is 0.493 e. The summed E-state index contributed by atoms with van der Waals surface area (Å²) in [5, 5.41) is 0. The minimum Gasteiger partial charge on any atom is -0.493 e. The van der Waals surface area contributed by atoms with Crippen LogP contribution in [0.1, 0.15) is 17.2 Å². The number of halogens is 1. The molecule has 3 nitrogen and oxygen atoms in total. The van der Waals surface area contributed by atoms with Gasteiger partial charge in [-0.05, 0) is 58.3 Å². The fraction of sp³-hybridized carbons (Fsp3) is 0.250. The maximum atomic E-state index is 6.31. The molecule has 1 atom stereocenters. The molecule has 2 aromatic carbocycles. The van der Waals surface area contributed by atoms with E-state index in [4.69, 9.17) is 15.2 Å². The van der Waals surface area contributed by atoms with Gasteiger partial charge in [-0.1, -0.05) is 24.3 Å². The summed E-state index contributed by atoms with van der Waals surface area (Å²) >= 11 is 2.32. The summed E-state index contributed by atoms with van der Waals surface area (Å²) in [6.45, 7) is 0. The normalized spacial score (nSPS) is 12.0. The van der Waals surface area contributed by atoms with Crippen LogP contribution in [0.2, 0.25) is 0 Å². The van der Waals surface area contributed by atoms with Gasteiger partial charge in [0.2, 0.25) is 0 Å². The third-order valence-corrected chi connectivity index (χ3v) is 4.19. The zero-order chi connectivity index (χ0) is 14.5. The van der Waals surface area contributed by atoms with Crippen molar-refractivity contribution in [2.45, 2.75) is 12.5 Å². The number of benzene rings is 2. The first kappa shape index (κ1) is 15.1. The number of nitrogens with two attached hydrogens (primary N) is 1. The van der Waals surface area contributed by atoms with Crippen LogP contribution >= 0.6 is 22.6 Å². The lowest BCUT2D eigenvalue weighted by Crippen LogP contribution is -2.14. The molecule has 106 valence electrons. The number of hydrogen-bond acceptors (Lipinski definition) is 3. The van der Waals surface area contributed by atoms with Gasteiger partial charge in [-0.3, -0.25) is 0 Å². The molecule has 0 aliphatic rings. The highest BCUT2D eigenvalue weighted by molar-refractivity contribution is 14.1. The Morgan fingerprint density at radius 3 is 2.40 bits per heavy atom. The van der Waals surface area contributed by atoms with E-state index in [2.05, 4.69) is 34.7 Å². The number of methoxy groups -OCH3 is 2. The molecule has 0 amide bonds. The highest BCUT2D eigenvalue weighted by Gasteiger charge is 2.12. The predicted molar refractivity (Wildman–Crippen MR) is 89.3 cm³/mol. The molecule has 2 rings (SSSR count). The first-order valence-corrected chi connectivity index (χ1v) is 7.44. The van der Waals surface area contributed by atoms with Crippen LogP contribution in [0.4, 0.5) is 0 Å². The van der Waals surface area contributed by atoms with Gasteiger partial charge in [0.25, 0.3) is 0 Å². The van der Waals surface area contributed by atoms with Crippen molar-refractivity contribution in [1.82, 2.24) is 0 Å². The maximum absolute atomic E-state index is 6.31. The molecule has 0 bridgehead atoms. The van der Waals surface area contributed by atoms with Gasteiger partial charge in [0.1, 0.15) is 0 Å². The van der Waals surface area contributed by atoms with Gasteiger partial charge in [-0.15, -0.1) is 0 Å². The van der Waals surface area contributed by atoms with Gasteiger partial charge in [-0.25, -0.2) is 0 Å². The van der Waals surface area contributed by atoms with Crippen molar-refractivity contribution < 1.29 is 9.47 Å². The fourth-order valence-electron chi connectivity index (χ4n) is 2.15. The highest BCUT2D eigenvalue weighted by Crippen LogP contribution is 2.29. The average Bonchev–Trinajstić information content (AvgIpc) is 2.47. The molecule has 20 heavy (non-hydrogen) atoms. The summed E-state index contributed by atoms with van der Waals surface area (Å²) in [6, 6.07) is 14.1. The van der Waals surface area contributed by atoms with E-state index in [0.29, 0.717) is 0 Å². The van der Waals surface area contributed by atoms with E-state index in [9.17, 15) is 0 Å². The zero-order valence-electron chi connectivity index (χ0n) is 11.6. The summed E-state index contributed by atoms with van der Waals surface area (Å²) in [5.74, 6) is 1.47. The van der Waals surface area contributed by atoms with Crippen LogP contribution in [0.15, 0.2) is 42.5 Å². The van der Waals surface area contributed by atoms with Crippen molar-refractivity contribution in [3.05, 3.63) is 57.2 Å². The lowest BCUT2D eigenvalue weighted by molar-refractivity contribution is 0.354. The van der Waals surface area contributed by atoms with Gasteiger partial charge < -0.3 is 15.2 Å². The molecule has 0 aromatic heterocycles. The molecule has 2 N–H and O–H groups in total. The Morgan fingerprint density at radius 1 is 1.05 bits per heavy atom. The van der Waals surface area contributed by atoms with Crippen LogP contribution in [0, 0.1) is 3.57 Å². The number of ether oxygens (including phenoxy) is 2. The van der Waals surface area contributed by atoms with E-state index >= 15 is 0 Å². The molecule has 0 radical (unpaired) electrons. The summed E-state index contributed by atoms with van der Waals surface area (Å²) in [5.41, 5.74) is 8.62. The Morgan fingerprint density at radius 2 is 1.75 bits per heavy atom. The van der Waals surface area contributed by atoms with Crippen LogP contribution in [0.3, 0.4) is 0 Å². The van der Waals surface area contributed by atoms with Crippen LogP contribution in [-0.4, -0.2) is 14.2 Å². The molecule has 0 spiro atoms. The minimum atomic E-state index is -0.0267. The van der Waals surface area contributed by atoms with Crippen molar-refractivity contribution in [2.75, 3.05) is 14.2 Å². The second-order valence-electron chi connectivity index (χ2n) is 4.52. The van der Waals surface area contributed by atoms with Crippen molar-refractivity contribution in [3.63, 3.8) is 0 Å². The standard InChI is InChI=1S/C16H18INO2/c1-19-15-8-7-11(10-16(15)20-2)9-14(18)12-5-3-4-6-13(12)17/h3-8,10,14H,9,18H2,1-2H3. The van der Waals surface area contributed by atoms with Gasteiger partial charge in [0.05, 0.1) is 14.2 Å². The van der Waals surface area contributed by atoms with E-state index in [1.165, 1.54) is 9.13 Å². The van der Waals surface area contributed by atoms with Crippen molar-refractivity contribution in [2.24, 2.45) is 5.73 Å². The number of hydrogen-bond donors (Lipinski definition) is 1. The molecule has 1 unspecified atom stereocenters. The molecular weight excluding hydrogens is 365 g/mol. The van der Waals surface area contributed by atoms with E-state index in [1.54, 1.807) is 14.2 Å². The molecular formula is C16H18INO2. The number of rotatable bonds is 5. The third kappa shape index (κ3) is 3.43. The Hall–Kier alpha value is -1.27. The van der Waals surface area contributed by atoms with Gasteiger partial charge in [0.15, 0.2) is 11.5 Å². The Bertz CT molecular complexity index is 586. The second kappa shape index (κ2) is 6.95. The van der Waals surface area contributed by atoms with Gasteiger partial charge in [-0.2, -0.15) is 0 Å². The molecule has 0 aliphatic carbocycles. The smallest absolute Gasteiger partial charge is 0.160 e. The first-order valence-electron chi connectivity index (χ1n) is 6.36. The zero-order valence-corrected chi connectivity index (χ0v) is 13.8. The molecule has 0 heterocycles. The fourth-order valence-corrected chi connectivity index (χ4v) is 2.93. The molecule has 0 saturated heterocycles. The van der Waals surface area contributed by atoms with Crippen LogP contribution in [0.5, 0.6) is 11.5 Å². The Kier molecular flexibility index (Phi) is 5.25. The van der Waals surface area contributed by atoms with E-state index in [1.807, 2.05) is 30.3 Å². The first-order chi connectivity index (χ1) is 9.65. The quantitative estimate of drug-likeness (QED) is 0.804. The molecule has 0 aliphatic heterocycles. The highest BCUT2D eigenvalue weighted by atomic mass is 127. The lowest BCUT2D eigenvalue weighted by Gasteiger charge is -2.15. The van der Waals surface area contributed by atoms with Crippen molar-refractivity contribution >= 4 is 22.6 Å². The monoisotopic (exact) mass is 383 g/mol. The van der Waals surface area contributed by atoms with Gasteiger partial charge >= 0.3 is 0 Å². The van der Waals surface area contributed by atoms with Crippen LogP contribution < -0.4 is 15.2 Å². The predicted octanol–water partition coefficient (Wildman–Crippen LogP) is 3.55.